The van der Waals surface area contributed by atoms with Crippen molar-refractivity contribution in [3.63, 3.8) is 0 Å². The van der Waals surface area contributed by atoms with Crippen molar-refractivity contribution < 1.29 is 4.79 Å². The van der Waals surface area contributed by atoms with Crippen LogP contribution < -0.4 is 5.73 Å². The third-order valence-electron chi connectivity index (χ3n) is 4.53. The van der Waals surface area contributed by atoms with Gasteiger partial charge in [-0.1, -0.05) is 6.07 Å². The predicted molar refractivity (Wildman–Crippen MR) is 106 cm³/mol. The number of rotatable bonds is 5. The summed E-state index contributed by atoms with van der Waals surface area (Å²) in [6, 6.07) is 11.0. The molecule has 1 amide bonds. The van der Waals surface area contributed by atoms with Gasteiger partial charge in [0.1, 0.15) is 5.92 Å². The van der Waals surface area contributed by atoms with Crippen LogP contribution in [0.15, 0.2) is 67.4 Å². The highest BCUT2D eigenvalue weighted by Gasteiger charge is 2.23. The van der Waals surface area contributed by atoms with Crippen molar-refractivity contribution in [1.29, 1.82) is 0 Å². The summed E-state index contributed by atoms with van der Waals surface area (Å²) in [6.45, 7) is 1.93. The van der Waals surface area contributed by atoms with Crippen LogP contribution in [0.5, 0.6) is 0 Å². The van der Waals surface area contributed by atoms with E-state index < -0.39 is 11.8 Å². The van der Waals surface area contributed by atoms with Crippen LogP contribution in [0.3, 0.4) is 0 Å². The largest absolute Gasteiger partial charge is 0.369 e. The Morgan fingerprint density at radius 3 is 2.45 bits per heavy atom. The topological polar surface area (TPSA) is 120 Å². The minimum Gasteiger partial charge on any atom is -0.369 e. The fraction of sp³-hybridized carbons (Fsp3) is 0.0952. The van der Waals surface area contributed by atoms with Gasteiger partial charge in [-0.05, 0) is 48.4 Å². The van der Waals surface area contributed by atoms with E-state index in [9.17, 15) is 4.79 Å². The zero-order valence-electron chi connectivity index (χ0n) is 15.6. The molecule has 0 saturated carbocycles. The second-order valence-electron chi connectivity index (χ2n) is 6.48. The van der Waals surface area contributed by atoms with E-state index in [2.05, 4.69) is 30.4 Å². The molecule has 29 heavy (non-hydrogen) atoms. The van der Waals surface area contributed by atoms with Gasteiger partial charge < -0.3 is 5.73 Å². The third kappa shape index (κ3) is 3.81. The number of nitrogens with zero attached hydrogens (tertiary/aromatic N) is 6. The van der Waals surface area contributed by atoms with Crippen LogP contribution in [0.2, 0.25) is 0 Å². The maximum absolute atomic E-state index is 12.2. The Hall–Kier alpha value is -4.07. The van der Waals surface area contributed by atoms with E-state index in [-0.39, 0.29) is 0 Å². The van der Waals surface area contributed by atoms with Crippen molar-refractivity contribution >= 4 is 5.91 Å². The third-order valence-corrected chi connectivity index (χ3v) is 4.53. The maximum Gasteiger partial charge on any atom is 0.231 e. The van der Waals surface area contributed by atoms with E-state index in [1.807, 2.05) is 31.2 Å². The number of hydrogen-bond donors (Lipinski definition) is 1. The summed E-state index contributed by atoms with van der Waals surface area (Å²) in [7, 11) is 0. The number of nitrogens with two attached hydrogens (primary N) is 1. The first-order valence-corrected chi connectivity index (χ1v) is 8.90. The second kappa shape index (κ2) is 7.89. The average molecular weight is 383 g/mol. The van der Waals surface area contributed by atoms with Gasteiger partial charge in [-0.3, -0.25) is 14.8 Å². The Labute approximate surface area is 166 Å². The molecular weight excluding hydrogens is 366 g/mol. The SMILES string of the molecule is Cc1cc(C(C(N)=O)c2ccc(-c3cccnn3)cn2)cnc1-c1ccnnc1. The fourth-order valence-electron chi connectivity index (χ4n) is 3.15. The number of aryl methyl sites for hydroxylation is 1. The number of pyridine rings is 2. The van der Waals surface area contributed by atoms with Crippen LogP contribution in [0.25, 0.3) is 22.5 Å². The van der Waals surface area contributed by atoms with Gasteiger partial charge in [0.25, 0.3) is 0 Å². The van der Waals surface area contributed by atoms with Crippen molar-refractivity contribution in [1.82, 2.24) is 30.4 Å². The Morgan fingerprint density at radius 2 is 1.83 bits per heavy atom. The van der Waals surface area contributed by atoms with E-state index in [1.54, 1.807) is 43.1 Å². The van der Waals surface area contributed by atoms with Gasteiger partial charge in [-0.25, -0.2) is 0 Å². The summed E-state index contributed by atoms with van der Waals surface area (Å²) in [5.41, 5.74) is 11.0. The zero-order valence-corrected chi connectivity index (χ0v) is 15.6. The lowest BCUT2D eigenvalue weighted by Crippen LogP contribution is -2.23. The molecule has 0 aliphatic carbocycles. The normalized spacial score (nSPS) is 11.8. The van der Waals surface area contributed by atoms with E-state index in [1.165, 1.54) is 0 Å². The minimum atomic E-state index is -0.707. The van der Waals surface area contributed by atoms with Gasteiger partial charge in [0.15, 0.2) is 0 Å². The van der Waals surface area contributed by atoms with Gasteiger partial charge in [-0.15, -0.1) is 0 Å². The van der Waals surface area contributed by atoms with Crippen molar-refractivity contribution in [3.05, 3.63) is 84.2 Å². The number of carbonyl (C=O) groups is 1. The van der Waals surface area contributed by atoms with Crippen molar-refractivity contribution in [2.75, 3.05) is 0 Å². The van der Waals surface area contributed by atoms with E-state index >= 15 is 0 Å². The summed E-state index contributed by atoms with van der Waals surface area (Å²) >= 11 is 0. The molecule has 4 heterocycles. The highest BCUT2D eigenvalue weighted by atomic mass is 16.1. The average Bonchev–Trinajstić information content (AvgIpc) is 2.75. The molecule has 0 fully saturated rings. The van der Waals surface area contributed by atoms with Crippen LogP contribution in [0, 0.1) is 6.92 Å². The molecule has 0 bridgehead atoms. The molecule has 0 radical (unpaired) electrons. The van der Waals surface area contributed by atoms with Gasteiger partial charge in [0.2, 0.25) is 5.91 Å². The van der Waals surface area contributed by atoms with Gasteiger partial charge in [-0.2, -0.15) is 20.4 Å². The molecule has 0 aromatic carbocycles. The molecule has 0 aliphatic rings. The molecule has 4 aromatic heterocycles. The van der Waals surface area contributed by atoms with Crippen LogP contribution in [-0.2, 0) is 4.79 Å². The van der Waals surface area contributed by atoms with Crippen molar-refractivity contribution in [2.24, 2.45) is 5.73 Å². The molecule has 1 unspecified atom stereocenters. The lowest BCUT2D eigenvalue weighted by molar-refractivity contribution is -0.118. The number of amides is 1. The second-order valence-corrected chi connectivity index (χ2v) is 6.48. The Kier molecular flexibility index (Phi) is 4.98. The van der Waals surface area contributed by atoms with E-state index in [4.69, 9.17) is 5.73 Å². The smallest absolute Gasteiger partial charge is 0.231 e. The van der Waals surface area contributed by atoms with Crippen LogP contribution >= 0.6 is 0 Å². The first-order valence-electron chi connectivity index (χ1n) is 8.90. The van der Waals surface area contributed by atoms with Crippen molar-refractivity contribution in [2.45, 2.75) is 12.8 Å². The highest BCUT2D eigenvalue weighted by molar-refractivity contribution is 5.85. The lowest BCUT2D eigenvalue weighted by Gasteiger charge is -2.15. The molecule has 1 atom stereocenters. The quantitative estimate of drug-likeness (QED) is 0.561. The maximum atomic E-state index is 12.2. The highest BCUT2D eigenvalue weighted by Crippen LogP contribution is 2.28. The molecule has 2 N–H and O–H groups in total. The fourth-order valence-corrected chi connectivity index (χ4v) is 3.15. The summed E-state index contributed by atoms with van der Waals surface area (Å²) in [5, 5.41) is 15.6. The molecule has 0 saturated heterocycles. The van der Waals surface area contributed by atoms with Gasteiger partial charge in [0.05, 0.1) is 29.5 Å². The molecular formula is C21H17N7O. The number of hydrogen-bond acceptors (Lipinski definition) is 7. The molecule has 4 rings (SSSR count). The Bertz CT molecular complexity index is 1130. The molecule has 8 nitrogen and oxygen atoms in total. The molecule has 0 aliphatic heterocycles. The predicted octanol–water partition coefficient (Wildman–Crippen LogP) is 2.32. The Morgan fingerprint density at radius 1 is 0.931 bits per heavy atom. The van der Waals surface area contributed by atoms with Crippen LogP contribution in [0.4, 0.5) is 0 Å². The first-order chi connectivity index (χ1) is 14.1. The van der Waals surface area contributed by atoms with Gasteiger partial charge in [0, 0.05) is 29.7 Å². The molecule has 8 heteroatoms. The Balaban J connectivity index is 1.68. The van der Waals surface area contributed by atoms with Gasteiger partial charge >= 0.3 is 0 Å². The summed E-state index contributed by atoms with van der Waals surface area (Å²) < 4.78 is 0. The van der Waals surface area contributed by atoms with Crippen molar-refractivity contribution in [3.8, 4) is 22.5 Å². The molecule has 142 valence electrons. The summed E-state index contributed by atoms with van der Waals surface area (Å²) in [4.78, 5) is 21.2. The summed E-state index contributed by atoms with van der Waals surface area (Å²) in [5.74, 6) is -1.20. The number of carbonyl (C=O) groups excluding carboxylic acids is 1. The van der Waals surface area contributed by atoms with Crippen LogP contribution in [0.1, 0.15) is 22.7 Å². The standard InChI is InChI=1S/C21H17N7O/c1-13-9-16(11-24-20(13)15-6-8-25-27-12-15)19(21(22)29)18-5-4-14(10-23-18)17-3-2-7-26-28-17/h2-12,19H,1H3,(H2,22,29). The molecule has 0 spiro atoms. The first kappa shape index (κ1) is 18.3. The van der Waals surface area contributed by atoms with Crippen LogP contribution in [-0.4, -0.2) is 36.3 Å². The lowest BCUT2D eigenvalue weighted by atomic mass is 9.93. The van der Waals surface area contributed by atoms with E-state index in [0.717, 1.165) is 22.4 Å². The zero-order chi connectivity index (χ0) is 20.2. The monoisotopic (exact) mass is 383 g/mol. The number of aromatic nitrogens is 6. The minimum absolute atomic E-state index is 0.496. The molecule has 4 aromatic rings. The number of primary amides is 1. The van der Waals surface area contributed by atoms with E-state index in [0.29, 0.717) is 17.0 Å². The summed E-state index contributed by atoms with van der Waals surface area (Å²) in [6.07, 6.45) is 8.17.